The first-order valence-electron chi connectivity index (χ1n) is 9.81. The van der Waals surface area contributed by atoms with Gasteiger partial charge in [0.1, 0.15) is 0 Å². The van der Waals surface area contributed by atoms with Crippen LogP contribution >= 0.6 is 12.4 Å². The molecule has 1 aromatic carbocycles. The van der Waals surface area contributed by atoms with Gasteiger partial charge in [-0.1, -0.05) is 6.07 Å². The summed E-state index contributed by atoms with van der Waals surface area (Å²) in [7, 11) is 0. The Hall–Kier alpha value is -2.84. The van der Waals surface area contributed by atoms with E-state index < -0.39 is 0 Å². The van der Waals surface area contributed by atoms with E-state index in [1.165, 1.54) is 6.26 Å². The SMILES string of the molecule is Cl.NCCC(=O)NCC1CCCCN1C(=O)c1cccc(NC(=O)c2ccco2)c1. The van der Waals surface area contributed by atoms with Crippen molar-refractivity contribution in [3.63, 3.8) is 0 Å². The third-order valence-electron chi connectivity index (χ3n) is 4.91. The van der Waals surface area contributed by atoms with E-state index in [4.69, 9.17) is 10.2 Å². The van der Waals surface area contributed by atoms with Gasteiger partial charge in [0.05, 0.1) is 6.26 Å². The zero-order valence-corrected chi connectivity index (χ0v) is 17.5. The zero-order chi connectivity index (χ0) is 20.6. The molecule has 2 aromatic rings. The summed E-state index contributed by atoms with van der Waals surface area (Å²) in [6.45, 7) is 1.36. The van der Waals surface area contributed by atoms with Crippen LogP contribution in [0.2, 0.25) is 0 Å². The highest BCUT2D eigenvalue weighted by atomic mass is 35.5. The first-order chi connectivity index (χ1) is 14.1. The highest BCUT2D eigenvalue weighted by Gasteiger charge is 2.28. The molecule has 0 aliphatic carbocycles. The topological polar surface area (TPSA) is 118 Å². The summed E-state index contributed by atoms with van der Waals surface area (Å²) in [6, 6.07) is 9.98. The molecule has 1 atom stereocenters. The van der Waals surface area contributed by atoms with Gasteiger partial charge in [-0.2, -0.15) is 0 Å². The van der Waals surface area contributed by atoms with Gasteiger partial charge >= 0.3 is 0 Å². The second-order valence-corrected chi connectivity index (χ2v) is 7.00. The maximum Gasteiger partial charge on any atom is 0.291 e. The predicted octanol–water partition coefficient (Wildman–Crippen LogP) is 2.41. The normalized spacial score (nSPS) is 15.8. The van der Waals surface area contributed by atoms with Crippen molar-refractivity contribution in [2.75, 3.05) is 25.0 Å². The van der Waals surface area contributed by atoms with Crippen molar-refractivity contribution in [3.05, 3.63) is 54.0 Å². The lowest BCUT2D eigenvalue weighted by Crippen LogP contribution is -2.49. The number of furan rings is 1. The van der Waals surface area contributed by atoms with Crippen LogP contribution in [-0.2, 0) is 4.79 Å². The van der Waals surface area contributed by atoms with Crippen molar-refractivity contribution in [3.8, 4) is 0 Å². The lowest BCUT2D eigenvalue weighted by atomic mass is 10.0. The number of likely N-dealkylation sites (tertiary alicyclic amines) is 1. The predicted molar refractivity (Wildman–Crippen MR) is 116 cm³/mol. The van der Waals surface area contributed by atoms with Crippen LogP contribution in [0.3, 0.4) is 0 Å². The van der Waals surface area contributed by atoms with Gasteiger partial charge in [-0.05, 0) is 49.6 Å². The Balaban J connectivity index is 0.00000320. The van der Waals surface area contributed by atoms with Gasteiger partial charge in [0.15, 0.2) is 5.76 Å². The molecule has 1 aliphatic rings. The number of rotatable bonds is 7. The second-order valence-electron chi connectivity index (χ2n) is 7.00. The summed E-state index contributed by atoms with van der Waals surface area (Å²) in [4.78, 5) is 38.8. The molecule has 4 N–H and O–H groups in total. The summed E-state index contributed by atoms with van der Waals surface area (Å²) in [6.07, 6.45) is 4.48. The second kappa shape index (κ2) is 11.4. The van der Waals surface area contributed by atoms with Crippen LogP contribution in [0, 0.1) is 0 Å². The van der Waals surface area contributed by atoms with Crippen molar-refractivity contribution in [2.45, 2.75) is 31.7 Å². The smallest absolute Gasteiger partial charge is 0.291 e. The van der Waals surface area contributed by atoms with E-state index in [0.29, 0.717) is 30.9 Å². The first-order valence-corrected chi connectivity index (χ1v) is 9.81. The summed E-state index contributed by atoms with van der Waals surface area (Å²) in [5.41, 5.74) is 6.41. The Bertz CT molecular complexity index is 856. The average molecular weight is 435 g/mol. The summed E-state index contributed by atoms with van der Waals surface area (Å²) in [5, 5.41) is 5.60. The molecule has 162 valence electrons. The summed E-state index contributed by atoms with van der Waals surface area (Å²) in [5.74, 6) is -0.394. The number of carbonyl (C=O) groups is 3. The fourth-order valence-corrected chi connectivity index (χ4v) is 3.43. The third-order valence-corrected chi connectivity index (χ3v) is 4.91. The number of piperidine rings is 1. The van der Waals surface area contributed by atoms with Crippen molar-refractivity contribution in [2.24, 2.45) is 5.73 Å². The Labute approximate surface area is 181 Å². The van der Waals surface area contributed by atoms with Crippen LogP contribution in [0.4, 0.5) is 5.69 Å². The van der Waals surface area contributed by atoms with Crippen LogP contribution in [0.5, 0.6) is 0 Å². The number of hydrogen-bond donors (Lipinski definition) is 3. The summed E-state index contributed by atoms with van der Waals surface area (Å²) >= 11 is 0. The zero-order valence-electron chi connectivity index (χ0n) is 16.6. The highest BCUT2D eigenvalue weighted by molar-refractivity contribution is 6.03. The van der Waals surface area contributed by atoms with E-state index in [1.807, 2.05) is 0 Å². The average Bonchev–Trinajstić information content (AvgIpc) is 3.27. The van der Waals surface area contributed by atoms with E-state index >= 15 is 0 Å². The molecule has 3 amide bonds. The third kappa shape index (κ3) is 6.08. The number of carbonyl (C=O) groups excluding carboxylic acids is 3. The maximum absolute atomic E-state index is 13.1. The van der Waals surface area contributed by atoms with Gasteiger partial charge in [-0.15, -0.1) is 12.4 Å². The van der Waals surface area contributed by atoms with Gasteiger partial charge in [0.2, 0.25) is 5.91 Å². The van der Waals surface area contributed by atoms with Crippen LogP contribution in [-0.4, -0.2) is 48.3 Å². The standard InChI is InChI=1S/C21H26N4O4.ClH/c22-10-9-19(26)23-14-17-7-1-2-11-25(17)21(28)15-5-3-6-16(13-15)24-20(27)18-8-4-12-29-18;/h3-6,8,12-13,17H,1-2,7,9-11,14,22H2,(H,23,26)(H,24,27);1H. The van der Waals surface area contributed by atoms with Crippen LogP contribution in [0.25, 0.3) is 0 Å². The molecule has 2 heterocycles. The van der Waals surface area contributed by atoms with Gasteiger partial charge in [0.25, 0.3) is 11.8 Å². The van der Waals surface area contributed by atoms with Gasteiger partial charge in [0, 0.05) is 43.3 Å². The van der Waals surface area contributed by atoms with Crippen LogP contribution in [0.1, 0.15) is 46.6 Å². The quantitative estimate of drug-likeness (QED) is 0.618. The molecular formula is C21H27ClN4O4. The minimum Gasteiger partial charge on any atom is -0.459 e. The molecule has 9 heteroatoms. The number of nitrogens with zero attached hydrogens (tertiary/aromatic N) is 1. The number of halogens is 1. The van der Waals surface area contributed by atoms with Crippen LogP contribution < -0.4 is 16.4 Å². The van der Waals surface area contributed by atoms with E-state index in [9.17, 15) is 14.4 Å². The lowest BCUT2D eigenvalue weighted by molar-refractivity contribution is -0.121. The molecule has 3 rings (SSSR count). The molecule has 1 unspecified atom stereocenters. The van der Waals surface area contributed by atoms with Crippen molar-refractivity contribution in [1.82, 2.24) is 10.2 Å². The minimum atomic E-state index is -0.377. The number of nitrogens with two attached hydrogens (primary N) is 1. The van der Waals surface area contributed by atoms with Gasteiger partial charge in [-0.3, -0.25) is 14.4 Å². The summed E-state index contributed by atoms with van der Waals surface area (Å²) < 4.78 is 5.09. The van der Waals surface area contributed by atoms with Crippen LogP contribution in [0.15, 0.2) is 47.1 Å². The fourth-order valence-electron chi connectivity index (χ4n) is 3.43. The number of nitrogens with one attached hydrogen (secondary N) is 2. The molecule has 1 fully saturated rings. The molecule has 1 saturated heterocycles. The van der Waals surface area contributed by atoms with E-state index in [-0.39, 0.29) is 48.4 Å². The highest BCUT2D eigenvalue weighted by Crippen LogP contribution is 2.21. The van der Waals surface area contributed by atoms with E-state index in [0.717, 1.165) is 19.3 Å². The monoisotopic (exact) mass is 434 g/mol. The number of anilines is 1. The molecule has 0 saturated carbocycles. The Morgan fingerprint density at radius 1 is 1.17 bits per heavy atom. The minimum absolute atomic E-state index is 0. The Morgan fingerprint density at radius 3 is 2.73 bits per heavy atom. The molecular weight excluding hydrogens is 408 g/mol. The Morgan fingerprint density at radius 2 is 2.00 bits per heavy atom. The number of amides is 3. The van der Waals surface area contributed by atoms with Gasteiger partial charge in [-0.25, -0.2) is 0 Å². The van der Waals surface area contributed by atoms with Gasteiger partial charge < -0.3 is 25.7 Å². The Kier molecular flexibility index (Phi) is 8.89. The van der Waals surface area contributed by atoms with Crippen molar-refractivity contribution < 1.29 is 18.8 Å². The maximum atomic E-state index is 13.1. The first kappa shape index (κ1) is 23.4. The molecule has 30 heavy (non-hydrogen) atoms. The molecule has 1 aliphatic heterocycles. The molecule has 0 radical (unpaired) electrons. The fraction of sp³-hybridized carbons (Fsp3) is 0.381. The number of hydrogen-bond acceptors (Lipinski definition) is 5. The molecule has 0 bridgehead atoms. The van der Waals surface area contributed by atoms with E-state index in [1.54, 1.807) is 41.3 Å². The largest absolute Gasteiger partial charge is 0.459 e. The lowest BCUT2D eigenvalue weighted by Gasteiger charge is -2.36. The van der Waals surface area contributed by atoms with Crippen molar-refractivity contribution >= 4 is 35.8 Å². The van der Waals surface area contributed by atoms with E-state index in [2.05, 4.69) is 10.6 Å². The van der Waals surface area contributed by atoms with Crippen molar-refractivity contribution in [1.29, 1.82) is 0 Å². The number of benzene rings is 1. The molecule has 0 spiro atoms. The molecule has 1 aromatic heterocycles. The molecule has 8 nitrogen and oxygen atoms in total.